The summed E-state index contributed by atoms with van der Waals surface area (Å²) in [5, 5.41) is 0. The Balaban J connectivity index is 1.45. The molecule has 1 saturated carbocycles. The molecule has 7 heteroatoms. The van der Waals surface area contributed by atoms with Crippen LogP contribution in [-0.2, 0) is 4.74 Å². The number of pyridine rings is 1. The fourth-order valence-corrected chi connectivity index (χ4v) is 4.98. The fourth-order valence-electron chi connectivity index (χ4n) is 4.98. The maximum absolute atomic E-state index is 13.4. The number of nitrogens with zero attached hydrogens (tertiary/aromatic N) is 3. The highest BCUT2D eigenvalue weighted by Crippen LogP contribution is 2.26. The average Bonchev–Trinajstić information content (AvgIpc) is 3.42. The Labute approximate surface area is 193 Å². The van der Waals surface area contributed by atoms with Gasteiger partial charge in [0, 0.05) is 18.4 Å². The second-order valence-corrected chi connectivity index (χ2v) is 9.27. The van der Waals surface area contributed by atoms with Crippen molar-refractivity contribution in [1.82, 2.24) is 9.47 Å². The maximum Gasteiger partial charge on any atom is 0.263 e. The van der Waals surface area contributed by atoms with Crippen LogP contribution >= 0.6 is 0 Å². The number of hydrogen-bond donors (Lipinski definition) is 0. The van der Waals surface area contributed by atoms with Crippen LogP contribution in [0.2, 0.25) is 0 Å². The number of imide groups is 1. The molecule has 1 unspecified atom stereocenters. The Morgan fingerprint density at radius 3 is 2.55 bits per heavy atom. The number of carbonyl (C=O) groups excluding carboxylic acids is 3. The molecule has 172 valence electrons. The van der Waals surface area contributed by atoms with Gasteiger partial charge in [0.2, 0.25) is 0 Å². The quantitative estimate of drug-likeness (QED) is 0.672. The summed E-state index contributed by atoms with van der Waals surface area (Å²) in [5.74, 6) is -0.938. The first-order chi connectivity index (χ1) is 16.0. The number of ether oxygens (including phenoxy) is 1. The maximum atomic E-state index is 13.4. The van der Waals surface area contributed by atoms with Crippen molar-refractivity contribution in [3.8, 4) is 0 Å². The number of hydrogen-bond acceptors (Lipinski definition) is 5. The zero-order valence-corrected chi connectivity index (χ0v) is 19.0. The number of fused-ring (bicyclic) bond motifs is 1. The van der Waals surface area contributed by atoms with Crippen molar-refractivity contribution in [1.29, 1.82) is 0 Å². The third kappa shape index (κ3) is 4.29. The SMILES string of the molecule is Cc1ccn(C(=O)c2ccc3c(c2)C(=O)N(CC2CCCO2)C3=O)c(=NC2CCCCC2)c1. The molecule has 2 aliphatic heterocycles. The van der Waals surface area contributed by atoms with Crippen LogP contribution < -0.4 is 5.49 Å². The summed E-state index contributed by atoms with van der Waals surface area (Å²) in [7, 11) is 0. The van der Waals surface area contributed by atoms with E-state index in [2.05, 4.69) is 0 Å². The largest absolute Gasteiger partial charge is 0.376 e. The van der Waals surface area contributed by atoms with Crippen LogP contribution in [0.15, 0.2) is 41.5 Å². The molecule has 2 fully saturated rings. The minimum absolute atomic E-state index is 0.111. The number of benzene rings is 1. The Bertz CT molecular complexity index is 1170. The molecule has 0 radical (unpaired) electrons. The van der Waals surface area contributed by atoms with E-state index in [1.54, 1.807) is 29.0 Å². The summed E-state index contributed by atoms with van der Waals surface area (Å²) < 4.78 is 7.15. The van der Waals surface area contributed by atoms with Crippen molar-refractivity contribution in [2.24, 2.45) is 4.99 Å². The van der Waals surface area contributed by atoms with Crippen LogP contribution in [0.3, 0.4) is 0 Å². The van der Waals surface area contributed by atoms with E-state index in [0.29, 0.717) is 23.2 Å². The Hall–Kier alpha value is -3.06. The highest BCUT2D eigenvalue weighted by atomic mass is 16.5. The van der Waals surface area contributed by atoms with E-state index in [-0.39, 0.29) is 42.0 Å². The zero-order valence-electron chi connectivity index (χ0n) is 19.0. The van der Waals surface area contributed by atoms with Crippen LogP contribution in [0.25, 0.3) is 0 Å². The van der Waals surface area contributed by atoms with Gasteiger partial charge in [0.25, 0.3) is 17.7 Å². The highest BCUT2D eigenvalue weighted by molar-refractivity contribution is 6.22. The Morgan fingerprint density at radius 1 is 1.00 bits per heavy atom. The summed E-state index contributed by atoms with van der Waals surface area (Å²) in [6.45, 7) is 2.90. The van der Waals surface area contributed by atoms with Crippen molar-refractivity contribution < 1.29 is 19.1 Å². The molecular weight excluding hydrogens is 418 g/mol. The highest BCUT2D eigenvalue weighted by Gasteiger charge is 2.38. The van der Waals surface area contributed by atoms with Crippen molar-refractivity contribution in [2.45, 2.75) is 64.0 Å². The zero-order chi connectivity index (χ0) is 22.9. The van der Waals surface area contributed by atoms with Gasteiger partial charge in [0.15, 0.2) is 0 Å². The smallest absolute Gasteiger partial charge is 0.263 e. The molecular formula is C26H29N3O4. The van der Waals surface area contributed by atoms with Crippen molar-refractivity contribution in [3.05, 3.63) is 64.3 Å². The first kappa shape index (κ1) is 21.8. The van der Waals surface area contributed by atoms with E-state index in [9.17, 15) is 14.4 Å². The monoisotopic (exact) mass is 447 g/mol. The van der Waals surface area contributed by atoms with E-state index in [4.69, 9.17) is 9.73 Å². The third-order valence-corrected chi connectivity index (χ3v) is 6.83. The van der Waals surface area contributed by atoms with Gasteiger partial charge in [-0.15, -0.1) is 0 Å². The van der Waals surface area contributed by atoms with E-state index < -0.39 is 0 Å². The molecule has 7 nitrogen and oxygen atoms in total. The first-order valence-electron chi connectivity index (χ1n) is 11.9. The van der Waals surface area contributed by atoms with Gasteiger partial charge in [-0.3, -0.25) is 28.8 Å². The molecule has 1 aromatic heterocycles. The minimum atomic E-state index is -0.360. The number of aryl methyl sites for hydroxylation is 1. The second-order valence-electron chi connectivity index (χ2n) is 9.27. The summed E-state index contributed by atoms with van der Waals surface area (Å²) in [6, 6.07) is 8.79. The number of carbonyl (C=O) groups is 3. The van der Waals surface area contributed by atoms with E-state index >= 15 is 0 Å². The lowest BCUT2D eigenvalue weighted by Crippen LogP contribution is -2.36. The third-order valence-electron chi connectivity index (χ3n) is 6.83. The van der Waals surface area contributed by atoms with Crippen molar-refractivity contribution in [2.75, 3.05) is 13.2 Å². The molecule has 33 heavy (non-hydrogen) atoms. The second kappa shape index (κ2) is 9.06. The standard InChI is InChI=1S/C26H29N3O4/c1-17-11-12-28(23(14-17)27-19-6-3-2-4-7-19)24(30)18-9-10-21-22(15-18)26(32)29(25(21)31)16-20-8-5-13-33-20/h9-12,14-15,19-20H,2-8,13,16H2,1H3. The van der Waals surface area contributed by atoms with Crippen molar-refractivity contribution >= 4 is 17.7 Å². The molecule has 0 N–H and O–H groups in total. The molecule has 0 spiro atoms. The molecule has 1 aliphatic carbocycles. The minimum Gasteiger partial charge on any atom is -0.376 e. The lowest BCUT2D eigenvalue weighted by molar-refractivity contribution is 0.0475. The summed E-state index contributed by atoms with van der Waals surface area (Å²) in [4.78, 5) is 45.4. The molecule has 3 aliphatic rings. The average molecular weight is 448 g/mol. The van der Waals surface area contributed by atoms with E-state index in [1.807, 2.05) is 19.1 Å². The summed E-state index contributed by atoms with van der Waals surface area (Å²) in [6.07, 6.45) is 9.06. The lowest BCUT2D eigenvalue weighted by Gasteiger charge is -2.18. The van der Waals surface area contributed by atoms with Crippen LogP contribution in [0.4, 0.5) is 0 Å². The van der Waals surface area contributed by atoms with Gasteiger partial charge in [-0.1, -0.05) is 19.3 Å². The van der Waals surface area contributed by atoms with Crippen LogP contribution in [0.1, 0.15) is 81.6 Å². The van der Waals surface area contributed by atoms with Gasteiger partial charge in [-0.05, 0) is 68.5 Å². The molecule has 1 aromatic carbocycles. The van der Waals surface area contributed by atoms with Gasteiger partial charge >= 0.3 is 0 Å². The molecule has 5 rings (SSSR count). The lowest BCUT2D eigenvalue weighted by atomic mass is 9.96. The predicted molar refractivity (Wildman–Crippen MR) is 122 cm³/mol. The van der Waals surface area contributed by atoms with Crippen LogP contribution in [0, 0.1) is 6.92 Å². The molecule has 1 atom stereocenters. The molecule has 1 saturated heterocycles. The molecule has 2 amide bonds. The summed E-state index contributed by atoms with van der Waals surface area (Å²) in [5.41, 5.74) is 2.66. The number of rotatable bonds is 4. The van der Waals surface area contributed by atoms with Crippen LogP contribution in [0.5, 0.6) is 0 Å². The molecule has 3 heterocycles. The van der Waals surface area contributed by atoms with Gasteiger partial charge in [0.05, 0.1) is 29.8 Å². The van der Waals surface area contributed by atoms with E-state index in [1.165, 1.54) is 11.3 Å². The number of amides is 2. The van der Waals surface area contributed by atoms with Gasteiger partial charge in [-0.2, -0.15) is 0 Å². The molecule has 0 bridgehead atoms. The van der Waals surface area contributed by atoms with Crippen molar-refractivity contribution in [3.63, 3.8) is 0 Å². The Morgan fingerprint density at radius 2 is 1.79 bits per heavy atom. The summed E-state index contributed by atoms with van der Waals surface area (Å²) >= 11 is 0. The van der Waals surface area contributed by atoms with E-state index in [0.717, 1.165) is 44.1 Å². The molecule has 2 aromatic rings. The van der Waals surface area contributed by atoms with Crippen LogP contribution in [-0.4, -0.2) is 52.5 Å². The first-order valence-corrected chi connectivity index (χ1v) is 11.9. The topological polar surface area (TPSA) is 81.0 Å². The number of aromatic nitrogens is 1. The Kier molecular flexibility index (Phi) is 5.98. The van der Waals surface area contributed by atoms with Gasteiger partial charge < -0.3 is 4.74 Å². The fraction of sp³-hybridized carbons (Fsp3) is 0.462. The predicted octanol–water partition coefficient (Wildman–Crippen LogP) is 3.49. The van der Waals surface area contributed by atoms with Gasteiger partial charge in [-0.25, -0.2) is 0 Å². The van der Waals surface area contributed by atoms with Gasteiger partial charge in [0.1, 0.15) is 5.49 Å². The normalized spacial score (nSPS) is 21.7.